The molecular weight excluding hydrogens is 266 g/mol. The number of carbonyl (C=O) groups excluding carboxylic acids is 1. The molecule has 8 nitrogen and oxygen atoms in total. The number of guanidine groups is 1. The third-order valence-corrected chi connectivity index (χ3v) is 1.42. The molecule has 76 valence electrons. The number of phosphoric ester groups is 1. The third kappa shape index (κ3) is 8.13. The number of nitrogens with one attached hydrogen (secondary N) is 1. The monoisotopic (exact) mass is 273 g/mol. The molecule has 0 heterocycles. The Balaban J connectivity index is 0. The van der Waals surface area contributed by atoms with Crippen molar-refractivity contribution in [2.45, 2.75) is 0 Å². The van der Waals surface area contributed by atoms with Crippen molar-refractivity contribution < 1.29 is 43.1 Å². The third-order valence-electron chi connectivity index (χ3n) is 0.991. The summed E-state index contributed by atoms with van der Waals surface area (Å²) in [4.78, 5) is 31.3. The molecule has 0 spiro atoms. The minimum absolute atomic E-state index is 0. The summed E-state index contributed by atoms with van der Waals surface area (Å²) in [5, 5.41) is 6.80. The molecule has 0 aliphatic heterocycles. The first-order valence-electron chi connectivity index (χ1n) is 3.02. The molecule has 0 amide bonds. The van der Waals surface area contributed by atoms with Crippen LogP contribution in [0.3, 0.4) is 0 Å². The molecule has 0 bridgehead atoms. The van der Waals surface area contributed by atoms with E-state index in [0.29, 0.717) is 0 Å². The maximum atomic E-state index is 10.6. The number of nitrogens with zero attached hydrogens (tertiary/aromatic N) is 1. The van der Waals surface area contributed by atoms with Crippen LogP contribution in [-0.2, 0) is 33.4 Å². The van der Waals surface area contributed by atoms with E-state index >= 15 is 0 Å². The molecule has 14 heavy (non-hydrogen) atoms. The fraction of sp³-hybridized carbons (Fsp3) is 0.500. The molecule has 0 aliphatic rings. The van der Waals surface area contributed by atoms with Gasteiger partial charge >= 0.3 is 25.4 Å². The number of likely N-dealkylation sites (N-methyl/N-ethyl adjacent to an activating group) is 1. The average molecular weight is 274 g/mol. The van der Waals surface area contributed by atoms with E-state index in [2.05, 4.69) is 4.52 Å². The van der Waals surface area contributed by atoms with E-state index in [0.717, 1.165) is 4.90 Å². The smallest absolute Gasteiger partial charge is 0.780 e. The van der Waals surface area contributed by atoms with Crippen molar-refractivity contribution in [1.82, 2.24) is 4.90 Å². The molecule has 0 rings (SSSR count). The van der Waals surface area contributed by atoms with E-state index in [-0.39, 0.29) is 19.5 Å². The number of hydrogen-bond acceptors (Lipinski definition) is 6. The topological polar surface area (TPSA) is 143 Å². The molecule has 0 aromatic carbocycles. The van der Waals surface area contributed by atoms with Gasteiger partial charge < -0.3 is 29.5 Å². The average Bonchev–Trinajstić information content (AvgIpc) is 1.81. The van der Waals surface area contributed by atoms with Crippen LogP contribution in [0.15, 0.2) is 0 Å². The van der Waals surface area contributed by atoms with Gasteiger partial charge in [-0.1, -0.05) is 0 Å². The molecule has 10 heteroatoms. The summed E-state index contributed by atoms with van der Waals surface area (Å²) in [5.41, 5.74) is 4.92. The van der Waals surface area contributed by atoms with E-state index in [1.807, 2.05) is 0 Å². The maximum absolute atomic E-state index is 10.6. The second-order valence-electron chi connectivity index (χ2n) is 2.15. The van der Waals surface area contributed by atoms with Crippen LogP contribution in [0.4, 0.5) is 0 Å². The van der Waals surface area contributed by atoms with E-state index in [1.54, 1.807) is 0 Å². The zero-order chi connectivity index (χ0) is 10.6. The van der Waals surface area contributed by atoms with Crippen molar-refractivity contribution in [3.05, 3.63) is 0 Å². The fourth-order valence-corrected chi connectivity index (χ4v) is 0.740. The van der Waals surface area contributed by atoms with Gasteiger partial charge in [0.15, 0.2) is 5.96 Å². The number of carbonyl (C=O) groups is 1. The van der Waals surface area contributed by atoms with Crippen LogP contribution in [0.2, 0.25) is 0 Å². The molecule has 3 N–H and O–H groups in total. The Bertz CT molecular complexity index is 266. The Morgan fingerprint density at radius 3 is 2.36 bits per heavy atom. The van der Waals surface area contributed by atoms with E-state index in [4.69, 9.17) is 11.1 Å². The van der Waals surface area contributed by atoms with Crippen LogP contribution in [0, 0.1) is 5.41 Å². The second kappa shape index (κ2) is 6.08. The van der Waals surface area contributed by atoms with Crippen molar-refractivity contribution in [3.63, 3.8) is 0 Å². The molecular formula is C4H8N3O5PZn. The molecule has 0 aromatic heterocycles. The van der Waals surface area contributed by atoms with E-state index in [9.17, 15) is 19.1 Å². The van der Waals surface area contributed by atoms with Crippen molar-refractivity contribution >= 4 is 19.8 Å². The van der Waals surface area contributed by atoms with Gasteiger partial charge in [-0.3, -0.25) is 5.41 Å². The van der Waals surface area contributed by atoms with Crippen molar-refractivity contribution in [2.75, 3.05) is 13.6 Å². The summed E-state index contributed by atoms with van der Waals surface area (Å²) in [6.45, 7) is -0.566. The summed E-state index contributed by atoms with van der Waals surface area (Å²) < 4.78 is 13.4. The number of hydrogen-bond donors (Lipinski definition) is 2. The summed E-state index contributed by atoms with van der Waals surface area (Å²) in [7, 11) is -4.03. The van der Waals surface area contributed by atoms with Gasteiger partial charge in [0.2, 0.25) is 0 Å². The maximum Gasteiger partial charge on any atom is 2.00 e. The van der Waals surface area contributed by atoms with Gasteiger partial charge in [0, 0.05) is 7.05 Å². The van der Waals surface area contributed by atoms with Gasteiger partial charge in [0.25, 0.3) is 0 Å². The van der Waals surface area contributed by atoms with Gasteiger partial charge in [-0.15, -0.1) is 0 Å². The summed E-state index contributed by atoms with van der Waals surface area (Å²) in [6.07, 6.45) is 0. The van der Waals surface area contributed by atoms with E-state index < -0.39 is 26.3 Å². The Kier molecular flexibility index (Phi) is 6.94. The molecule has 0 atom stereocenters. The quantitative estimate of drug-likeness (QED) is 0.244. The van der Waals surface area contributed by atoms with Gasteiger partial charge in [-0.05, 0) is 0 Å². The Morgan fingerprint density at radius 2 is 2.07 bits per heavy atom. The zero-order valence-electron chi connectivity index (χ0n) is 7.43. The molecule has 0 radical (unpaired) electrons. The van der Waals surface area contributed by atoms with Gasteiger partial charge in [0.1, 0.15) is 14.4 Å². The molecule has 0 saturated heterocycles. The largest absolute Gasteiger partial charge is 2.00 e. The second-order valence-corrected chi connectivity index (χ2v) is 3.23. The summed E-state index contributed by atoms with van der Waals surface area (Å²) in [5.74, 6) is -1.71. The van der Waals surface area contributed by atoms with Crippen LogP contribution in [0.25, 0.3) is 0 Å². The molecule has 0 saturated carbocycles. The number of phosphoric acid groups is 1. The standard InChI is InChI=1S/C4H10N3O5P.Zn/c1-7(4(5)6)2-3(8)12-13(9,10)11;/h2H2,1H3,(H3,5,6)(H2,9,10,11);/q;+2/p-2. The number of rotatable bonds is 3. The van der Waals surface area contributed by atoms with Crippen LogP contribution < -0.4 is 15.5 Å². The summed E-state index contributed by atoms with van der Waals surface area (Å²) >= 11 is 0. The van der Waals surface area contributed by atoms with Gasteiger partial charge in [-0.2, -0.15) is 0 Å². The predicted molar refractivity (Wildman–Crippen MR) is 38.2 cm³/mol. The fourth-order valence-electron chi connectivity index (χ4n) is 0.432. The normalized spacial score (nSPS) is 9.93. The minimum Gasteiger partial charge on any atom is -0.780 e. The Hall–Kier alpha value is -0.487. The molecule has 0 fully saturated rings. The molecule has 0 unspecified atom stereocenters. The minimum atomic E-state index is -5.30. The van der Waals surface area contributed by atoms with Crippen LogP contribution >= 0.6 is 7.82 Å². The Labute approximate surface area is 92.9 Å². The van der Waals surface area contributed by atoms with Crippen LogP contribution in [-0.4, -0.2) is 30.4 Å². The first-order chi connectivity index (χ1) is 5.72. The molecule has 0 aromatic rings. The SMILES string of the molecule is CN(CC(=O)OP(=O)([O-])[O-])C(=N)N.[Zn+2]. The van der Waals surface area contributed by atoms with Crippen LogP contribution in [0.1, 0.15) is 0 Å². The first kappa shape index (κ1) is 16.0. The van der Waals surface area contributed by atoms with Gasteiger partial charge in [-0.25, -0.2) is 4.79 Å². The van der Waals surface area contributed by atoms with E-state index in [1.165, 1.54) is 7.05 Å². The van der Waals surface area contributed by atoms with Crippen molar-refractivity contribution in [1.29, 1.82) is 5.41 Å². The van der Waals surface area contributed by atoms with Crippen LogP contribution in [0.5, 0.6) is 0 Å². The Morgan fingerprint density at radius 1 is 1.64 bits per heavy atom. The zero-order valence-corrected chi connectivity index (χ0v) is 11.3. The molecule has 0 aliphatic carbocycles. The first-order valence-corrected chi connectivity index (χ1v) is 4.48. The number of nitrogens with two attached hydrogens (primary N) is 1. The summed E-state index contributed by atoms with van der Waals surface area (Å²) in [6, 6.07) is 0. The van der Waals surface area contributed by atoms with Gasteiger partial charge in [0.05, 0.1) is 0 Å². The van der Waals surface area contributed by atoms with Crippen molar-refractivity contribution in [3.8, 4) is 0 Å². The van der Waals surface area contributed by atoms with Crippen molar-refractivity contribution in [2.24, 2.45) is 5.73 Å². The predicted octanol–water partition coefficient (Wildman–Crippen LogP) is -2.82.